The van der Waals surface area contributed by atoms with Crippen molar-refractivity contribution in [3.8, 4) is 0 Å². The van der Waals surface area contributed by atoms with Crippen molar-refractivity contribution in [2.24, 2.45) is 5.73 Å². The molecule has 0 aliphatic heterocycles. The third kappa shape index (κ3) is 22.5. The number of carboxylic acid groups (broad SMARTS) is 2. The van der Waals surface area contributed by atoms with Crippen molar-refractivity contribution in [3.63, 3.8) is 0 Å². The highest BCUT2D eigenvalue weighted by Crippen LogP contribution is 1.93. The summed E-state index contributed by atoms with van der Waals surface area (Å²) >= 11 is 0. The topological polar surface area (TPSA) is 118 Å². The van der Waals surface area contributed by atoms with E-state index in [-0.39, 0.29) is 19.3 Å². The van der Waals surface area contributed by atoms with Gasteiger partial charge in [0.25, 0.3) is 0 Å². The van der Waals surface area contributed by atoms with Gasteiger partial charge < -0.3 is 15.9 Å². The molecular weight excluding hydrogens is 190 g/mol. The minimum Gasteiger partial charge on any atom is -0.481 e. The predicted octanol–water partition coefficient (Wildman–Crippen LogP) is -0.0164. The quantitative estimate of drug-likeness (QED) is 0.543. The van der Waals surface area contributed by atoms with E-state index in [1.807, 2.05) is 0 Å². The van der Waals surface area contributed by atoms with Gasteiger partial charge in [-0.05, 0) is 12.5 Å². The largest absolute Gasteiger partial charge is 0.481 e. The number of nitrogens with two attached hydrogens (primary N) is 1. The SMILES string of the molecule is C=CC(N)=O.O=C(O)CCCC(=O)O. The third-order valence-electron chi connectivity index (χ3n) is 0.982. The van der Waals surface area contributed by atoms with E-state index in [2.05, 4.69) is 12.3 Å². The minimum absolute atomic E-state index is 0.0632. The van der Waals surface area contributed by atoms with Gasteiger partial charge in [-0.2, -0.15) is 0 Å². The van der Waals surface area contributed by atoms with E-state index in [4.69, 9.17) is 10.2 Å². The molecule has 0 aliphatic rings. The highest BCUT2D eigenvalue weighted by molar-refractivity contribution is 5.84. The Bertz CT molecular complexity index is 210. The maximum absolute atomic E-state index is 9.79. The molecule has 6 heteroatoms. The molecule has 0 rings (SSSR count). The predicted molar refractivity (Wildman–Crippen MR) is 48.5 cm³/mol. The molecule has 0 aliphatic carbocycles. The normalized spacial score (nSPS) is 8.00. The van der Waals surface area contributed by atoms with Crippen LogP contribution in [0.2, 0.25) is 0 Å². The van der Waals surface area contributed by atoms with Gasteiger partial charge in [-0.1, -0.05) is 6.58 Å². The van der Waals surface area contributed by atoms with Crippen LogP contribution in [0, 0.1) is 0 Å². The van der Waals surface area contributed by atoms with Gasteiger partial charge in [0.05, 0.1) is 0 Å². The van der Waals surface area contributed by atoms with Crippen molar-refractivity contribution in [2.75, 3.05) is 0 Å². The van der Waals surface area contributed by atoms with Crippen LogP contribution < -0.4 is 5.73 Å². The van der Waals surface area contributed by atoms with Crippen molar-refractivity contribution in [1.29, 1.82) is 0 Å². The molecule has 0 fully saturated rings. The number of rotatable bonds is 5. The number of aliphatic carboxylic acids is 2. The summed E-state index contributed by atoms with van der Waals surface area (Å²) in [5.41, 5.74) is 4.53. The molecule has 1 amide bonds. The van der Waals surface area contributed by atoms with Crippen LogP contribution in [0.5, 0.6) is 0 Å². The van der Waals surface area contributed by atoms with E-state index >= 15 is 0 Å². The van der Waals surface area contributed by atoms with Gasteiger partial charge in [0.1, 0.15) is 0 Å². The summed E-state index contributed by atoms with van der Waals surface area (Å²) in [5, 5.41) is 16.1. The summed E-state index contributed by atoms with van der Waals surface area (Å²) in [6.45, 7) is 3.09. The molecule has 0 bridgehead atoms. The second-order valence-corrected chi connectivity index (χ2v) is 2.25. The molecule has 0 saturated heterocycles. The van der Waals surface area contributed by atoms with Crippen molar-refractivity contribution in [1.82, 2.24) is 0 Å². The van der Waals surface area contributed by atoms with Crippen LogP contribution >= 0.6 is 0 Å². The number of hydrogen-bond donors (Lipinski definition) is 3. The fourth-order valence-corrected chi connectivity index (χ4v) is 0.391. The Morgan fingerprint density at radius 1 is 1.14 bits per heavy atom. The lowest BCUT2D eigenvalue weighted by molar-refractivity contribution is -0.138. The molecule has 0 atom stereocenters. The monoisotopic (exact) mass is 203 g/mol. The lowest BCUT2D eigenvalue weighted by Crippen LogP contribution is -2.04. The Hall–Kier alpha value is -1.85. The fraction of sp³-hybridized carbons (Fsp3) is 0.375. The first-order chi connectivity index (χ1) is 6.40. The molecule has 0 radical (unpaired) electrons. The molecule has 0 heterocycles. The smallest absolute Gasteiger partial charge is 0.303 e. The zero-order valence-corrected chi connectivity index (χ0v) is 7.60. The molecule has 6 nitrogen and oxygen atoms in total. The van der Waals surface area contributed by atoms with E-state index < -0.39 is 17.8 Å². The first-order valence-corrected chi connectivity index (χ1v) is 3.75. The van der Waals surface area contributed by atoms with Crippen LogP contribution in [-0.4, -0.2) is 28.1 Å². The molecular formula is C8H13NO5. The van der Waals surface area contributed by atoms with Crippen LogP contribution in [0.1, 0.15) is 19.3 Å². The van der Waals surface area contributed by atoms with Crippen molar-refractivity contribution < 1.29 is 24.6 Å². The molecule has 0 unspecified atom stereocenters. The zero-order valence-electron chi connectivity index (χ0n) is 7.60. The summed E-state index contributed by atoms with van der Waals surface area (Å²) < 4.78 is 0. The molecule has 0 saturated carbocycles. The lowest BCUT2D eigenvalue weighted by Gasteiger charge is -1.89. The van der Waals surface area contributed by atoms with E-state index in [0.717, 1.165) is 6.08 Å². The molecule has 80 valence electrons. The Labute approximate surface area is 81.0 Å². The van der Waals surface area contributed by atoms with Gasteiger partial charge >= 0.3 is 11.9 Å². The molecule has 4 N–H and O–H groups in total. The van der Waals surface area contributed by atoms with Crippen LogP contribution in [0.3, 0.4) is 0 Å². The molecule has 0 spiro atoms. The first-order valence-electron chi connectivity index (χ1n) is 3.75. The van der Waals surface area contributed by atoms with E-state index in [1.54, 1.807) is 0 Å². The number of carbonyl (C=O) groups excluding carboxylic acids is 1. The minimum atomic E-state index is -0.948. The van der Waals surface area contributed by atoms with Crippen LogP contribution in [0.25, 0.3) is 0 Å². The molecule has 0 aromatic carbocycles. The maximum atomic E-state index is 9.79. The average Bonchev–Trinajstić information content (AvgIpc) is 2.04. The van der Waals surface area contributed by atoms with Crippen molar-refractivity contribution in [2.45, 2.75) is 19.3 Å². The number of carbonyl (C=O) groups is 3. The molecule has 0 aromatic heterocycles. The zero-order chi connectivity index (χ0) is 11.6. The fourth-order valence-electron chi connectivity index (χ4n) is 0.391. The van der Waals surface area contributed by atoms with Crippen molar-refractivity contribution in [3.05, 3.63) is 12.7 Å². The highest BCUT2D eigenvalue weighted by Gasteiger charge is 1.99. The second-order valence-electron chi connectivity index (χ2n) is 2.25. The van der Waals surface area contributed by atoms with Gasteiger partial charge in [0.15, 0.2) is 0 Å². The number of carboxylic acids is 2. The number of hydrogen-bond acceptors (Lipinski definition) is 3. The van der Waals surface area contributed by atoms with Gasteiger partial charge in [0.2, 0.25) is 5.91 Å². The second kappa shape index (κ2) is 9.24. The standard InChI is InChI=1S/C5H8O4.C3H5NO/c6-4(7)2-1-3-5(8)9;1-2-3(4)5/h1-3H2,(H,6,7)(H,8,9);2H,1H2,(H2,4,5). The summed E-state index contributed by atoms with van der Waals surface area (Å²) in [4.78, 5) is 29.0. The summed E-state index contributed by atoms with van der Waals surface area (Å²) in [6.07, 6.45) is 1.14. The van der Waals surface area contributed by atoms with Gasteiger partial charge in [-0.25, -0.2) is 0 Å². The summed E-state index contributed by atoms with van der Waals surface area (Å²) in [7, 11) is 0. The van der Waals surface area contributed by atoms with Crippen molar-refractivity contribution >= 4 is 17.8 Å². The molecule has 14 heavy (non-hydrogen) atoms. The summed E-state index contributed by atoms with van der Waals surface area (Å²) in [6, 6.07) is 0. The highest BCUT2D eigenvalue weighted by atomic mass is 16.4. The van der Waals surface area contributed by atoms with Crippen LogP contribution in [-0.2, 0) is 14.4 Å². The summed E-state index contributed by atoms with van der Waals surface area (Å²) in [5.74, 6) is -2.38. The third-order valence-corrected chi connectivity index (χ3v) is 0.982. The Balaban J connectivity index is 0. The molecule has 0 aromatic rings. The van der Waals surface area contributed by atoms with Crippen LogP contribution in [0.15, 0.2) is 12.7 Å². The first kappa shape index (κ1) is 14.7. The van der Waals surface area contributed by atoms with Crippen LogP contribution in [0.4, 0.5) is 0 Å². The number of amides is 1. The lowest BCUT2D eigenvalue weighted by atomic mass is 10.2. The number of primary amides is 1. The van der Waals surface area contributed by atoms with Gasteiger partial charge in [-0.15, -0.1) is 0 Å². The van der Waals surface area contributed by atoms with Gasteiger partial charge in [-0.3, -0.25) is 14.4 Å². The Morgan fingerprint density at radius 2 is 1.43 bits per heavy atom. The van der Waals surface area contributed by atoms with Gasteiger partial charge in [0, 0.05) is 12.8 Å². The van der Waals surface area contributed by atoms with E-state index in [1.165, 1.54) is 0 Å². The average molecular weight is 203 g/mol. The van der Waals surface area contributed by atoms with E-state index in [9.17, 15) is 14.4 Å². The maximum Gasteiger partial charge on any atom is 0.303 e. The van der Waals surface area contributed by atoms with E-state index in [0.29, 0.717) is 0 Å². The Morgan fingerprint density at radius 3 is 1.57 bits per heavy atom. The Kier molecular flexibility index (Phi) is 9.68.